The monoisotopic (exact) mass is 396 g/mol. The van der Waals surface area contributed by atoms with E-state index in [2.05, 4.69) is 4.98 Å². The molecule has 0 bridgehead atoms. The number of nitriles is 1. The number of hydrogen-bond acceptors (Lipinski definition) is 6. The number of ketones is 1. The Morgan fingerprint density at radius 1 is 1.17 bits per heavy atom. The third-order valence-electron chi connectivity index (χ3n) is 4.02. The number of carboxylic acid groups (broad SMARTS) is 1. The zero-order valence-corrected chi connectivity index (χ0v) is 16.2. The van der Waals surface area contributed by atoms with E-state index in [1.54, 1.807) is 39.0 Å². The predicted molar refractivity (Wildman–Crippen MR) is 104 cm³/mol. The number of carboxylic acids is 1. The van der Waals surface area contributed by atoms with Crippen molar-refractivity contribution in [1.82, 2.24) is 4.98 Å². The molecule has 0 spiro atoms. The molecular formula is C21H20N2O6. The van der Waals surface area contributed by atoms with Crippen molar-refractivity contribution in [3.8, 4) is 11.8 Å². The van der Waals surface area contributed by atoms with Gasteiger partial charge in [0.15, 0.2) is 6.61 Å². The molecule has 150 valence electrons. The largest absolute Gasteiger partial charge is 0.481 e. The van der Waals surface area contributed by atoms with Crippen molar-refractivity contribution < 1.29 is 29.0 Å². The molecule has 8 heteroatoms. The number of nitrogens with one attached hydrogen (secondary N) is 1. The van der Waals surface area contributed by atoms with Gasteiger partial charge in [-0.25, -0.2) is 9.59 Å². The molecule has 8 nitrogen and oxygen atoms in total. The van der Waals surface area contributed by atoms with Crippen LogP contribution in [0.2, 0.25) is 0 Å². The molecule has 0 aliphatic rings. The Bertz CT molecular complexity index is 1030. The summed E-state index contributed by atoms with van der Waals surface area (Å²) in [5.41, 5.74) is 1.19. The standard InChI is InChI=1S/C21H20N2O6/c1-4-28-21(27)19-13(3)23-12(2)18(19)20(26)15(10-22)9-14-7-5-6-8-16(14)29-11-17(24)25/h5-9,23H,4,11H2,1-3H3,(H,24,25)/b15-9+. The number of aliphatic carboxylic acids is 1. The summed E-state index contributed by atoms with van der Waals surface area (Å²) < 4.78 is 10.2. The van der Waals surface area contributed by atoms with Crippen LogP contribution in [-0.4, -0.2) is 41.0 Å². The van der Waals surface area contributed by atoms with Crippen LogP contribution in [0.4, 0.5) is 0 Å². The highest BCUT2D eigenvalue weighted by Crippen LogP contribution is 2.26. The first-order valence-corrected chi connectivity index (χ1v) is 8.76. The van der Waals surface area contributed by atoms with E-state index in [0.29, 0.717) is 17.0 Å². The van der Waals surface area contributed by atoms with E-state index in [4.69, 9.17) is 14.6 Å². The lowest BCUT2D eigenvalue weighted by molar-refractivity contribution is -0.139. The van der Waals surface area contributed by atoms with Gasteiger partial charge in [0.05, 0.1) is 17.7 Å². The number of H-pyrrole nitrogens is 1. The summed E-state index contributed by atoms with van der Waals surface area (Å²) in [6.07, 6.45) is 1.30. The fourth-order valence-corrected chi connectivity index (χ4v) is 2.83. The van der Waals surface area contributed by atoms with E-state index in [1.807, 2.05) is 6.07 Å². The number of benzene rings is 1. The van der Waals surface area contributed by atoms with Gasteiger partial charge in [0.25, 0.3) is 0 Å². The third kappa shape index (κ3) is 4.90. The van der Waals surface area contributed by atoms with E-state index in [-0.39, 0.29) is 29.1 Å². The van der Waals surface area contributed by atoms with Crippen LogP contribution in [-0.2, 0) is 9.53 Å². The van der Waals surface area contributed by atoms with E-state index in [9.17, 15) is 19.6 Å². The third-order valence-corrected chi connectivity index (χ3v) is 4.02. The number of Topliss-reactive ketones (excluding diaryl/α,β-unsaturated/α-hetero) is 1. The van der Waals surface area contributed by atoms with Gasteiger partial charge in [-0.3, -0.25) is 4.79 Å². The number of esters is 1. The maximum atomic E-state index is 13.1. The van der Waals surface area contributed by atoms with Crippen molar-refractivity contribution in [2.75, 3.05) is 13.2 Å². The molecule has 2 aromatic rings. The molecule has 0 aliphatic carbocycles. The molecule has 1 aromatic heterocycles. The summed E-state index contributed by atoms with van der Waals surface area (Å²) in [5.74, 6) is -2.24. The molecule has 29 heavy (non-hydrogen) atoms. The molecule has 0 unspecified atom stereocenters. The second-order valence-corrected chi connectivity index (χ2v) is 6.06. The van der Waals surface area contributed by atoms with Crippen LogP contribution < -0.4 is 4.74 Å². The molecule has 0 atom stereocenters. The van der Waals surface area contributed by atoms with Crippen molar-refractivity contribution in [3.63, 3.8) is 0 Å². The fraction of sp³-hybridized carbons (Fsp3) is 0.238. The van der Waals surface area contributed by atoms with Crippen LogP contribution in [0.25, 0.3) is 6.08 Å². The Balaban J connectivity index is 2.50. The van der Waals surface area contributed by atoms with Gasteiger partial charge in [0, 0.05) is 17.0 Å². The minimum absolute atomic E-state index is 0.0673. The summed E-state index contributed by atoms with van der Waals surface area (Å²) in [7, 11) is 0. The van der Waals surface area contributed by atoms with Crippen molar-refractivity contribution >= 4 is 23.8 Å². The van der Waals surface area contributed by atoms with Gasteiger partial charge < -0.3 is 19.6 Å². The van der Waals surface area contributed by atoms with Gasteiger partial charge >= 0.3 is 11.9 Å². The number of aromatic nitrogens is 1. The average molecular weight is 396 g/mol. The topological polar surface area (TPSA) is 129 Å². The highest BCUT2D eigenvalue weighted by molar-refractivity contribution is 6.19. The summed E-state index contributed by atoms with van der Waals surface area (Å²) in [6, 6.07) is 8.27. The molecule has 0 saturated heterocycles. The van der Waals surface area contributed by atoms with Crippen molar-refractivity contribution in [3.05, 3.63) is 57.9 Å². The van der Waals surface area contributed by atoms with Gasteiger partial charge in [0.2, 0.25) is 5.78 Å². The minimum Gasteiger partial charge on any atom is -0.481 e. The normalized spacial score (nSPS) is 10.9. The number of aromatic amines is 1. The van der Waals surface area contributed by atoms with Crippen molar-refractivity contribution in [2.45, 2.75) is 20.8 Å². The zero-order valence-electron chi connectivity index (χ0n) is 16.2. The van der Waals surface area contributed by atoms with Gasteiger partial charge in [-0.15, -0.1) is 0 Å². The first-order valence-electron chi connectivity index (χ1n) is 8.76. The molecule has 0 fully saturated rings. The van der Waals surface area contributed by atoms with Gasteiger partial charge in [-0.2, -0.15) is 5.26 Å². The number of carbonyl (C=O) groups excluding carboxylic acids is 2. The van der Waals surface area contributed by atoms with Crippen LogP contribution in [0.3, 0.4) is 0 Å². The number of rotatable bonds is 8. The zero-order chi connectivity index (χ0) is 21.6. The SMILES string of the molecule is CCOC(=O)c1c(C)[nH]c(C)c1C(=O)/C(C#N)=C/c1ccccc1OCC(=O)O. The summed E-state index contributed by atoms with van der Waals surface area (Å²) >= 11 is 0. The smallest absolute Gasteiger partial charge is 0.341 e. The second kappa shape index (κ2) is 9.37. The molecule has 1 aromatic carbocycles. The molecule has 1 heterocycles. The van der Waals surface area contributed by atoms with Crippen LogP contribution in [0.15, 0.2) is 29.8 Å². The molecular weight excluding hydrogens is 376 g/mol. The maximum Gasteiger partial charge on any atom is 0.341 e. The number of ether oxygens (including phenoxy) is 2. The van der Waals surface area contributed by atoms with Crippen molar-refractivity contribution in [1.29, 1.82) is 5.26 Å². The Morgan fingerprint density at radius 3 is 2.45 bits per heavy atom. The lowest BCUT2D eigenvalue weighted by atomic mass is 9.97. The first-order chi connectivity index (χ1) is 13.8. The van der Waals surface area contributed by atoms with Crippen LogP contribution in [0, 0.1) is 25.2 Å². The van der Waals surface area contributed by atoms with Crippen LogP contribution in [0.5, 0.6) is 5.75 Å². The summed E-state index contributed by atoms with van der Waals surface area (Å²) in [5, 5.41) is 18.4. The van der Waals surface area contributed by atoms with E-state index in [1.165, 1.54) is 12.1 Å². The first kappa shape index (κ1) is 21.4. The maximum absolute atomic E-state index is 13.1. The van der Waals surface area contributed by atoms with E-state index in [0.717, 1.165) is 0 Å². The quantitative estimate of drug-likeness (QED) is 0.303. The van der Waals surface area contributed by atoms with Gasteiger partial charge in [-0.05, 0) is 32.9 Å². The molecule has 2 N–H and O–H groups in total. The lowest BCUT2D eigenvalue weighted by Crippen LogP contribution is -2.13. The Kier molecular flexibility index (Phi) is 6.93. The minimum atomic E-state index is -1.15. The fourth-order valence-electron chi connectivity index (χ4n) is 2.83. The summed E-state index contributed by atoms with van der Waals surface area (Å²) in [4.78, 5) is 39.1. The van der Waals surface area contributed by atoms with E-state index >= 15 is 0 Å². The molecule has 2 rings (SSSR count). The number of hydrogen-bond donors (Lipinski definition) is 2. The number of nitrogens with zero attached hydrogens (tertiary/aromatic N) is 1. The second-order valence-electron chi connectivity index (χ2n) is 6.06. The predicted octanol–water partition coefficient (Wildman–Crippen LogP) is 3.06. The number of allylic oxidation sites excluding steroid dienone is 1. The average Bonchev–Trinajstić information content (AvgIpc) is 2.98. The number of para-hydroxylation sites is 1. The van der Waals surface area contributed by atoms with Crippen LogP contribution in [0.1, 0.15) is 44.6 Å². The van der Waals surface area contributed by atoms with Crippen LogP contribution >= 0.6 is 0 Å². The van der Waals surface area contributed by atoms with Crippen molar-refractivity contribution in [2.24, 2.45) is 0 Å². The Morgan fingerprint density at radius 2 is 1.83 bits per heavy atom. The molecule has 0 saturated carbocycles. The highest BCUT2D eigenvalue weighted by atomic mass is 16.5. The number of aryl methyl sites for hydroxylation is 2. The molecule has 0 amide bonds. The Labute approximate surface area is 167 Å². The summed E-state index contributed by atoms with van der Waals surface area (Å²) in [6.45, 7) is 4.50. The number of carbonyl (C=O) groups is 3. The van der Waals surface area contributed by atoms with Gasteiger partial charge in [-0.1, -0.05) is 18.2 Å². The molecule has 0 radical (unpaired) electrons. The lowest BCUT2D eigenvalue weighted by Gasteiger charge is -2.08. The highest BCUT2D eigenvalue weighted by Gasteiger charge is 2.27. The van der Waals surface area contributed by atoms with E-state index < -0.39 is 24.3 Å². The molecule has 0 aliphatic heterocycles. The van der Waals surface area contributed by atoms with Gasteiger partial charge in [0.1, 0.15) is 17.4 Å². The Hall–Kier alpha value is -3.86.